The van der Waals surface area contributed by atoms with Gasteiger partial charge in [0.2, 0.25) is 0 Å². The van der Waals surface area contributed by atoms with Crippen molar-refractivity contribution in [2.24, 2.45) is 5.73 Å². The quantitative estimate of drug-likeness (QED) is 0.466. The molecule has 0 bridgehead atoms. The van der Waals surface area contributed by atoms with E-state index in [0.29, 0.717) is 13.2 Å². The van der Waals surface area contributed by atoms with Crippen LogP contribution >= 0.6 is 15.9 Å². The van der Waals surface area contributed by atoms with Crippen LogP contribution in [-0.2, 0) is 16.1 Å². The summed E-state index contributed by atoms with van der Waals surface area (Å²) in [7, 11) is 0. The van der Waals surface area contributed by atoms with Crippen LogP contribution in [0.25, 0.3) is 5.65 Å². The van der Waals surface area contributed by atoms with Crippen LogP contribution in [0.4, 0.5) is 11.6 Å². The number of carbonyl (C=O) groups is 1. The lowest BCUT2D eigenvalue weighted by molar-refractivity contribution is -0.142. The average Bonchev–Trinajstić information content (AvgIpc) is 3.19. The van der Waals surface area contributed by atoms with Gasteiger partial charge >= 0.3 is 5.97 Å². The van der Waals surface area contributed by atoms with Crippen molar-refractivity contribution in [3.05, 3.63) is 46.8 Å². The highest BCUT2D eigenvalue weighted by atomic mass is 79.9. The molecule has 1 atom stereocenters. The van der Waals surface area contributed by atoms with E-state index in [9.17, 15) is 4.79 Å². The number of rotatable bonds is 8. The minimum absolute atomic E-state index is 0.0895. The first-order chi connectivity index (χ1) is 15.2. The highest BCUT2D eigenvalue weighted by Crippen LogP contribution is 2.30. The van der Waals surface area contributed by atoms with Crippen LogP contribution in [0, 0.1) is 0 Å². The number of nitrogens with one attached hydrogen (secondary N) is 1. The SMILES string of the molecule is NCC(=O)OCC[C@@H]1CCCCN1c1cc(NCc2cccnc2)n2ncc(Br)c2n1. The number of halogens is 1. The van der Waals surface area contributed by atoms with Crippen LogP contribution in [0.5, 0.6) is 0 Å². The number of hydrogen-bond donors (Lipinski definition) is 2. The summed E-state index contributed by atoms with van der Waals surface area (Å²) in [5.41, 5.74) is 7.17. The van der Waals surface area contributed by atoms with Crippen LogP contribution in [0.3, 0.4) is 0 Å². The first kappa shape index (κ1) is 21.5. The third-order valence-corrected chi connectivity index (χ3v) is 5.97. The van der Waals surface area contributed by atoms with Gasteiger partial charge in [0.05, 0.1) is 23.8 Å². The van der Waals surface area contributed by atoms with Gasteiger partial charge in [0, 0.05) is 44.0 Å². The summed E-state index contributed by atoms with van der Waals surface area (Å²) in [5.74, 6) is 1.37. The fourth-order valence-electron chi connectivity index (χ4n) is 3.86. The average molecular weight is 488 g/mol. The molecule has 3 N–H and O–H groups in total. The number of aromatic nitrogens is 4. The Morgan fingerprint density at radius 1 is 1.35 bits per heavy atom. The van der Waals surface area contributed by atoms with Crippen molar-refractivity contribution >= 4 is 39.2 Å². The number of pyridine rings is 1. The Balaban J connectivity index is 1.58. The molecule has 1 aliphatic rings. The van der Waals surface area contributed by atoms with Gasteiger partial charge in [-0.25, -0.2) is 4.98 Å². The molecular formula is C21H26BrN7O2. The van der Waals surface area contributed by atoms with Crippen molar-refractivity contribution in [3.63, 3.8) is 0 Å². The molecule has 4 heterocycles. The molecule has 1 saturated heterocycles. The van der Waals surface area contributed by atoms with Gasteiger partial charge in [-0.2, -0.15) is 9.61 Å². The molecule has 10 heteroatoms. The van der Waals surface area contributed by atoms with E-state index in [-0.39, 0.29) is 18.6 Å². The van der Waals surface area contributed by atoms with Gasteiger partial charge in [-0.05, 0) is 46.8 Å². The molecule has 3 aromatic rings. The molecule has 9 nitrogen and oxygen atoms in total. The fourth-order valence-corrected chi connectivity index (χ4v) is 4.21. The monoisotopic (exact) mass is 487 g/mol. The summed E-state index contributed by atoms with van der Waals surface area (Å²) < 4.78 is 7.85. The van der Waals surface area contributed by atoms with Crippen molar-refractivity contribution < 1.29 is 9.53 Å². The molecule has 0 unspecified atom stereocenters. The molecule has 0 amide bonds. The van der Waals surface area contributed by atoms with Crippen molar-refractivity contribution in [3.8, 4) is 0 Å². The smallest absolute Gasteiger partial charge is 0.319 e. The second-order valence-electron chi connectivity index (χ2n) is 7.50. The van der Waals surface area contributed by atoms with Gasteiger partial charge in [0.25, 0.3) is 0 Å². The molecular weight excluding hydrogens is 462 g/mol. The maximum absolute atomic E-state index is 11.4. The Morgan fingerprint density at radius 2 is 2.26 bits per heavy atom. The van der Waals surface area contributed by atoms with Gasteiger partial charge in [-0.15, -0.1) is 0 Å². The molecule has 1 aliphatic heterocycles. The van der Waals surface area contributed by atoms with E-state index in [2.05, 4.69) is 36.2 Å². The number of nitrogens with two attached hydrogens (primary N) is 1. The first-order valence-electron chi connectivity index (χ1n) is 10.4. The number of fused-ring (bicyclic) bond motifs is 1. The minimum atomic E-state index is -0.369. The molecule has 164 valence electrons. The number of anilines is 2. The Labute approximate surface area is 189 Å². The molecule has 1 fully saturated rings. The van der Waals surface area contributed by atoms with Gasteiger partial charge in [-0.1, -0.05) is 6.07 Å². The van der Waals surface area contributed by atoms with E-state index in [4.69, 9.17) is 15.5 Å². The zero-order chi connectivity index (χ0) is 21.6. The zero-order valence-electron chi connectivity index (χ0n) is 17.2. The van der Waals surface area contributed by atoms with E-state index in [1.807, 2.05) is 24.4 Å². The molecule has 0 radical (unpaired) electrons. The van der Waals surface area contributed by atoms with E-state index in [0.717, 1.165) is 59.5 Å². The van der Waals surface area contributed by atoms with Gasteiger partial charge in [0.1, 0.15) is 11.6 Å². The number of esters is 1. The maximum atomic E-state index is 11.4. The summed E-state index contributed by atoms with van der Waals surface area (Å²) in [6.07, 6.45) is 9.39. The van der Waals surface area contributed by atoms with Gasteiger partial charge in [-0.3, -0.25) is 9.78 Å². The van der Waals surface area contributed by atoms with E-state index < -0.39 is 0 Å². The summed E-state index contributed by atoms with van der Waals surface area (Å²) >= 11 is 3.56. The first-order valence-corrected chi connectivity index (χ1v) is 11.2. The molecule has 0 spiro atoms. The summed E-state index contributed by atoms with van der Waals surface area (Å²) in [5, 5.41) is 7.92. The van der Waals surface area contributed by atoms with Crippen LogP contribution in [0.2, 0.25) is 0 Å². The number of hydrogen-bond acceptors (Lipinski definition) is 8. The lowest BCUT2D eigenvalue weighted by Crippen LogP contribution is -2.41. The number of ether oxygens (including phenoxy) is 1. The Bertz CT molecular complexity index is 1030. The van der Waals surface area contributed by atoms with Gasteiger partial charge < -0.3 is 20.7 Å². The molecule has 0 aliphatic carbocycles. The number of nitrogens with zero attached hydrogens (tertiary/aromatic N) is 5. The van der Waals surface area contributed by atoms with Crippen LogP contribution < -0.4 is 16.0 Å². The second kappa shape index (κ2) is 10.1. The van der Waals surface area contributed by atoms with E-state index in [1.165, 1.54) is 0 Å². The summed E-state index contributed by atoms with van der Waals surface area (Å²) in [6, 6.07) is 6.24. The predicted octanol–water partition coefficient (Wildman–Crippen LogP) is 2.75. The molecule has 4 rings (SSSR count). The minimum Gasteiger partial charge on any atom is -0.465 e. The van der Waals surface area contributed by atoms with E-state index in [1.54, 1.807) is 16.9 Å². The Morgan fingerprint density at radius 3 is 3.06 bits per heavy atom. The maximum Gasteiger partial charge on any atom is 0.319 e. The predicted molar refractivity (Wildman–Crippen MR) is 122 cm³/mol. The highest BCUT2D eigenvalue weighted by Gasteiger charge is 2.25. The highest BCUT2D eigenvalue weighted by molar-refractivity contribution is 9.10. The van der Waals surface area contributed by atoms with Crippen molar-refractivity contribution in [2.75, 3.05) is 29.9 Å². The summed E-state index contributed by atoms with van der Waals surface area (Å²) in [6.45, 7) is 1.81. The van der Waals surface area contributed by atoms with Crippen LogP contribution in [0.15, 0.2) is 41.3 Å². The number of carbonyl (C=O) groups excluding carboxylic acids is 1. The molecule has 0 saturated carbocycles. The number of piperidine rings is 1. The zero-order valence-corrected chi connectivity index (χ0v) is 18.8. The molecule has 3 aromatic heterocycles. The van der Waals surface area contributed by atoms with Crippen molar-refractivity contribution in [1.29, 1.82) is 0 Å². The lowest BCUT2D eigenvalue weighted by Gasteiger charge is -2.37. The van der Waals surface area contributed by atoms with Crippen LogP contribution in [0.1, 0.15) is 31.2 Å². The topological polar surface area (TPSA) is 111 Å². The summed E-state index contributed by atoms with van der Waals surface area (Å²) in [4.78, 5) is 22.8. The third kappa shape index (κ3) is 5.13. The lowest BCUT2D eigenvalue weighted by atomic mass is 9.99. The Hall–Kier alpha value is -2.72. The molecule has 0 aromatic carbocycles. The van der Waals surface area contributed by atoms with Crippen LogP contribution in [-0.4, -0.2) is 51.3 Å². The molecule has 31 heavy (non-hydrogen) atoms. The largest absolute Gasteiger partial charge is 0.465 e. The third-order valence-electron chi connectivity index (χ3n) is 5.41. The normalized spacial score (nSPS) is 16.5. The van der Waals surface area contributed by atoms with E-state index >= 15 is 0 Å². The van der Waals surface area contributed by atoms with Crippen molar-refractivity contribution in [2.45, 2.75) is 38.3 Å². The van der Waals surface area contributed by atoms with Crippen molar-refractivity contribution in [1.82, 2.24) is 19.6 Å². The Kier molecular flexibility index (Phi) is 6.98. The fraction of sp³-hybridized carbons (Fsp3) is 0.429. The standard InChI is InChI=1S/C21H26BrN7O2/c22-17-14-26-29-18(25-13-15-4-3-7-24-12-15)10-19(27-21(17)29)28-8-2-1-5-16(28)6-9-31-20(30)11-23/h3-4,7,10,12,14,16,25H,1-2,5-6,8-9,11,13,23H2/t16-/m0/s1. The second-order valence-corrected chi connectivity index (χ2v) is 8.35. The van der Waals surface area contributed by atoms with Gasteiger partial charge in [0.15, 0.2) is 5.65 Å².